The van der Waals surface area contributed by atoms with Crippen LogP contribution in [0.25, 0.3) is 0 Å². The van der Waals surface area contributed by atoms with Gasteiger partial charge in [0, 0.05) is 19.0 Å². The van der Waals surface area contributed by atoms with Gasteiger partial charge in [0.15, 0.2) is 0 Å². The highest BCUT2D eigenvalue weighted by atomic mass is 15.0. The van der Waals surface area contributed by atoms with Crippen molar-refractivity contribution in [3.8, 4) is 0 Å². The van der Waals surface area contributed by atoms with Crippen LogP contribution in [0, 0.1) is 0 Å². The number of hydrogen-bond acceptors (Lipinski definition) is 1. The fraction of sp³-hybridized carbons (Fsp3) is 0.375. The predicted molar refractivity (Wildman–Crippen MR) is 41.5 cm³/mol. The van der Waals surface area contributed by atoms with Gasteiger partial charge in [-0.15, -0.1) is 0 Å². The molecule has 2 heterocycles. The quantitative estimate of drug-likeness (QED) is 0.509. The van der Waals surface area contributed by atoms with Gasteiger partial charge in [-0.2, -0.15) is 0 Å². The smallest absolute Gasteiger partial charge is 0.0651 e. The number of rotatable bonds is 0. The zero-order valence-corrected chi connectivity index (χ0v) is 5.99. The highest BCUT2D eigenvalue weighted by Gasteiger charge is 2.07. The van der Waals surface area contributed by atoms with Crippen molar-refractivity contribution in [3.63, 3.8) is 0 Å². The van der Waals surface area contributed by atoms with Gasteiger partial charge < -0.3 is 4.57 Å². The summed E-state index contributed by atoms with van der Waals surface area (Å²) in [5.41, 5.74) is 1.22. The molecule has 0 unspecified atom stereocenters. The monoisotopic (exact) mass is 134 g/mol. The standard InChI is InChI=1S/C8H10N2/c1-7-6-10-4-2-3-8(10)5-9-7/h2-5,7H,6H2,1H3/t7-/m0/s1. The molecule has 2 rings (SSSR count). The molecule has 52 valence electrons. The van der Waals surface area contributed by atoms with Gasteiger partial charge in [0.2, 0.25) is 0 Å². The largest absolute Gasteiger partial charge is 0.345 e. The Labute approximate surface area is 60.2 Å². The molecular weight excluding hydrogens is 124 g/mol. The van der Waals surface area contributed by atoms with Crippen molar-refractivity contribution < 1.29 is 0 Å². The lowest BCUT2D eigenvalue weighted by molar-refractivity contribution is 0.579. The van der Waals surface area contributed by atoms with Crippen LogP contribution in [0.5, 0.6) is 0 Å². The van der Waals surface area contributed by atoms with Crippen molar-refractivity contribution in [1.82, 2.24) is 4.57 Å². The van der Waals surface area contributed by atoms with E-state index in [1.54, 1.807) is 0 Å². The Bertz CT molecular complexity index is 260. The molecule has 1 aromatic rings. The molecule has 2 nitrogen and oxygen atoms in total. The van der Waals surface area contributed by atoms with E-state index in [9.17, 15) is 0 Å². The molecule has 0 saturated carbocycles. The maximum absolute atomic E-state index is 4.30. The van der Waals surface area contributed by atoms with Crippen LogP contribution >= 0.6 is 0 Å². The number of aliphatic imine (C=N–C) groups is 1. The Morgan fingerprint density at radius 1 is 1.70 bits per heavy atom. The summed E-state index contributed by atoms with van der Waals surface area (Å²) in [6.45, 7) is 3.15. The summed E-state index contributed by atoms with van der Waals surface area (Å²) in [5, 5.41) is 0. The highest BCUT2D eigenvalue weighted by Crippen LogP contribution is 2.07. The summed E-state index contributed by atoms with van der Waals surface area (Å²) >= 11 is 0. The van der Waals surface area contributed by atoms with Crippen LogP contribution in [0.2, 0.25) is 0 Å². The molecule has 0 saturated heterocycles. The zero-order chi connectivity index (χ0) is 6.97. The van der Waals surface area contributed by atoms with Gasteiger partial charge >= 0.3 is 0 Å². The molecule has 1 atom stereocenters. The van der Waals surface area contributed by atoms with Gasteiger partial charge in [0.05, 0.1) is 11.7 Å². The van der Waals surface area contributed by atoms with Gasteiger partial charge in [-0.3, -0.25) is 4.99 Å². The summed E-state index contributed by atoms with van der Waals surface area (Å²) in [4.78, 5) is 4.30. The lowest BCUT2D eigenvalue weighted by Crippen LogP contribution is -2.16. The lowest BCUT2D eigenvalue weighted by atomic mass is 10.3. The minimum absolute atomic E-state index is 0.444. The normalized spacial score (nSPS) is 22.7. The molecule has 1 aliphatic heterocycles. The van der Waals surface area contributed by atoms with E-state index in [0.717, 1.165) is 6.54 Å². The molecule has 0 spiro atoms. The molecule has 0 aliphatic carbocycles. The molecule has 10 heavy (non-hydrogen) atoms. The van der Waals surface area contributed by atoms with E-state index in [-0.39, 0.29) is 0 Å². The minimum Gasteiger partial charge on any atom is -0.345 e. The van der Waals surface area contributed by atoms with E-state index >= 15 is 0 Å². The maximum Gasteiger partial charge on any atom is 0.0651 e. The first-order valence-electron chi connectivity index (χ1n) is 3.54. The van der Waals surface area contributed by atoms with E-state index in [2.05, 4.69) is 34.8 Å². The van der Waals surface area contributed by atoms with Crippen LogP contribution in [-0.2, 0) is 6.54 Å². The molecule has 0 fully saturated rings. The average Bonchev–Trinajstić information content (AvgIpc) is 2.33. The summed E-state index contributed by atoms with van der Waals surface area (Å²) in [7, 11) is 0. The Morgan fingerprint density at radius 2 is 2.60 bits per heavy atom. The summed E-state index contributed by atoms with van der Waals surface area (Å²) in [5.74, 6) is 0. The highest BCUT2D eigenvalue weighted by molar-refractivity contribution is 5.78. The molecule has 0 aromatic carbocycles. The lowest BCUT2D eigenvalue weighted by Gasteiger charge is -2.14. The second-order valence-corrected chi connectivity index (χ2v) is 2.71. The van der Waals surface area contributed by atoms with Crippen LogP contribution in [0.3, 0.4) is 0 Å². The third-order valence-corrected chi connectivity index (χ3v) is 1.79. The van der Waals surface area contributed by atoms with Gasteiger partial charge in [0.1, 0.15) is 0 Å². The van der Waals surface area contributed by atoms with Gasteiger partial charge in [-0.1, -0.05) is 0 Å². The number of nitrogens with zero attached hydrogens (tertiary/aromatic N) is 2. The van der Waals surface area contributed by atoms with Crippen LogP contribution in [0.15, 0.2) is 23.3 Å². The van der Waals surface area contributed by atoms with Gasteiger partial charge in [-0.25, -0.2) is 0 Å². The van der Waals surface area contributed by atoms with Crippen molar-refractivity contribution >= 4 is 6.21 Å². The molecule has 1 aliphatic rings. The predicted octanol–water partition coefficient (Wildman–Crippen LogP) is 1.31. The van der Waals surface area contributed by atoms with E-state index in [4.69, 9.17) is 0 Å². The zero-order valence-electron chi connectivity index (χ0n) is 5.99. The fourth-order valence-electron chi connectivity index (χ4n) is 1.25. The SMILES string of the molecule is C[C@H]1Cn2cccc2C=N1. The fourth-order valence-corrected chi connectivity index (χ4v) is 1.25. The molecule has 0 amide bonds. The molecule has 0 radical (unpaired) electrons. The average molecular weight is 134 g/mol. The Balaban J connectivity index is 2.43. The van der Waals surface area contributed by atoms with E-state index < -0.39 is 0 Å². The Kier molecular flexibility index (Phi) is 1.13. The molecule has 0 bridgehead atoms. The molecule has 2 heteroatoms. The second kappa shape index (κ2) is 1.97. The van der Waals surface area contributed by atoms with Crippen molar-refractivity contribution in [3.05, 3.63) is 24.0 Å². The first-order chi connectivity index (χ1) is 4.86. The third kappa shape index (κ3) is 0.764. The summed E-state index contributed by atoms with van der Waals surface area (Å²) in [6, 6.07) is 4.58. The summed E-state index contributed by atoms with van der Waals surface area (Å²) in [6.07, 6.45) is 4.03. The van der Waals surface area contributed by atoms with Crippen LogP contribution < -0.4 is 0 Å². The van der Waals surface area contributed by atoms with Crippen LogP contribution in [-0.4, -0.2) is 16.8 Å². The van der Waals surface area contributed by atoms with Gasteiger partial charge in [0.25, 0.3) is 0 Å². The second-order valence-electron chi connectivity index (χ2n) is 2.71. The van der Waals surface area contributed by atoms with E-state index in [1.807, 2.05) is 6.21 Å². The molecular formula is C8H10N2. The minimum atomic E-state index is 0.444. The maximum atomic E-state index is 4.30. The van der Waals surface area contributed by atoms with Crippen molar-refractivity contribution in [1.29, 1.82) is 0 Å². The first kappa shape index (κ1) is 5.71. The Morgan fingerprint density at radius 3 is 3.50 bits per heavy atom. The van der Waals surface area contributed by atoms with Crippen molar-refractivity contribution in [2.75, 3.05) is 0 Å². The number of aromatic nitrogens is 1. The van der Waals surface area contributed by atoms with Crippen LogP contribution in [0.4, 0.5) is 0 Å². The number of fused-ring (bicyclic) bond motifs is 1. The molecule has 0 N–H and O–H groups in total. The third-order valence-electron chi connectivity index (χ3n) is 1.79. The van der Waals surface area contributed by atoms with Crippen molar-refractivity contribution in [2.24, 2.45) is 4.99 Å². The topological polar surface area (TPSA) is 17.3 Å². The summed E-state index contributed by atoms with van der Waals surface area (Å²) < 4.78 is 2.22. The first-order valence-corrected chi connectivity index (χ1v) is 3.54. The van der Waals surface area contributed by atoms with Gasteiger partial charge in [-0.05, 0) is 19.1 Å². The Hall–Kier alpha value is -1.05. The van der Waals surface area contributed by atoms with Crippen LogP contribution in [0.1, 0.15) is 12.6 Å². The molecule has 1 aromatic heterocycles. The van der Waals surface area contributed by atoms with E-state index in [0.29, 0.717) is 6.04 Å². The number of hydrogen-bond donors (Lipinski definition) is 0. The van der Waals surface area contributed by atoms with E-state index in [1.165, 1.54) is 5.69 Å². The van der Waals surface area contributed by atoms with Crippen molar-refractivity contribution in [2.45, 2.75) is 19.5 Å².